The second kappa shape index (κ2) is 11.6. The lowest BCUT2D eigenvalue weighted by Crippen LogP contribution is -2.44. The van der Waals surface area contributed by atoms with Gasteiger partial charge in [0.2, 0.25) is 5.91 Å². The lowest BCUT2D eigenvalue weighted by atomic mass is 10.1. The Kier molecular flexibility index (Phi) is 8.10. The van der Waals surface area contributed by atoms with Crippen LogP contribution in [-0.2, 0) is 4.79 Å². The first kappa shape index (κ1) is 25.1. The molecular weight excluding hydrogens is 461 g/mol. The van der Waals surface area contributed by atoms with Gasteiger partial charge in [-0.1, -0.05) is 0 Å². The fraction of sp³-hybridized carbons (Fsp3) is 0.333. The molecule has 36 heavy (non-hydrogen) atoms. The Morgan fingerprint density at radius 1 is 0.944 bits per heavy atom. The van der Waals surface area contributed by atoms with Gasteiger partial charge in [-0.05, 0) is 74.0 Å². The molecule has 1 aromatic heterocycles. The third-order valence-electron chi connectivity index (χ3n) is 6.30. The minimum absolute atomic E-state index is 0.0108. The number of likely N-dealkylation sites (N-methyl/N-ethyl adjacent to an activating group) is 1. The van der Waals surface area contributed by atoms with Crippen molar-refractivity contribution < 1.29 is 18.7 Å². The van der Waals surface area contributed by atoms with Gasteiger partial charge in [0.05, 0.1) is 12.8 Å². The summed E-state index contributed by atoms with van der Waals surface area (Å²) in [5, 5.41) is 8.81. The molecule has 0 saturated carbocycles. The molecule has 2 aromatic carbocycles. The van der Waals surface area contributed by atoms with E-state index in [1.165, 1.54) is 29.2 Å². The summed E-state index contributed by atoms with van der Waals surface area (Å²) >= 11 is 0. The normalized spacial score (nSPS) is 13.8. The third-order valence-corrected chi connectivity index (χ3v) is 6.30. The number of hydrogen-bond donors (Lipinski definition) is 0. The maximum absolute atomic E-state index is 13.2. The number of methoxy groups -OCH3 is 1. The van der Waals surface area contributed by atoms with Gasteiger partial charge in [0.1, 0.15) is 18.1 Å². The zero-order valence-corrected chi connectivity index (χ0v) is 20.6. The van der Waals surface area contributed by atoms with Crippen LogP contribution < -0.4 is 9.64 Å². The average molecular weight is 492 g/mol. The second-order valence-corrected chi connectivity index (χ2v) is 8.55. The number of carbonyl (C=O) groups is 2. The summed E-state index contributed by atoms with van der Waals surface area (Å²) in [6.45, 7) is 4.72. The molecule has 0 spiro atoms. The van der Waals surface area contributed by atoms with Crippen molar-refractivity contribution in [1.29, 1.82) is 0 Å². The minimum atomic E-state index is -0.403. The number of ether oxygens (including phenoxy) is 1. The SMILES string of the molecule is CCN(CC(=O)N1CCCN(c2ccc(-c3ccc(OC)cc3)nn2)CC1)C(=O)c1ccc(F)cc1. The van der Waals surface area contributed by atoms with Crippen LogP contribution in [0, 0.1) is 5.82 Å². The summed E-state index contributed by atoms with van der Waals surface area (Å²) in [5.74, 6) is 0.765. The Morgan fingerprint density at radius 2 is 1.69 bits per heavy atom. The highest BCUT2D eigenvalue weighted by atomic mass is 19.1. The van der Waals surface area contributed by atoms with Crippen LogP contribution in [0.5, 0.6) is 5.75 Å². The van der Waals surface area contributed by atoms with Gasteiger partial charge in [-0.15, -0.1) is 10.2 Å². The van der Waals surface area contributed by atoms with Crippen molar-refractivity contribution in [2.45, 2.75) is 13.3 Å². The van der Waals surface area contributed by atoms with Crippen molar-refractivity contribution >= 4 is 17.6 Å². The number of carbonyl (C=O) groups excluding carboxylic acids is 2. The molecule has 3 aromatic rings. The van der Waals surface area contributed by atoms with Crippen molar-refractivity contribution in [3.8, 4) is 17.0 Å². The Hall–Kier alpha value is -4.01. The summed E-state index contributed by atoms with van der Waals surface area (Å²) in [5.41, 5.74) is 2.10. The first-order valence-corrected chi connectivity index (χ1v) is 12.0. The fourth-order valence-corrected chi connectivity index (χ4v) is 4.17. The minimum Gasteiger partial charge on any atom is -0.497 e. The maximum Gasteiger partial charge on any atom is 0.254 e. The Balaban J connectivity index is 1.35. The zero-order valence-electron chi connectivity index (χ0n) is 20.6. The van der Waals surface area contributed by atoms with E-state index in [1.807, 2.05) is 43.3 Å². The number of nitrogens with zero attached hydrogens (tertiary/aromatic N) is 5. The number of rotatable bonds is 7. The van der Waals surface area contributed by atoms with Crippen LogP contribution in [-0.4, -0.2) is 78.2 Å². The van der Waals surface area contributed by atoms with Crippen LogP contribution in [0.2, 0.25) is 0 Å². The number of benzene rings is 2. The molecule has 8 nitrogen and oxygen atoms in total. The number of anilines is 1. The van der Waals surface area contributed by atoms with Crippen LogP contribution in [0.4, 0.5) is 10.2 Å². The molecule has 1 fully saturated rings. The van der Waals surface area contributed by atoms with E-state index >= 15 is 0 Å². The van der Waals surface area contributed by atoms with Gasteiger partial charge in [-0.25, -0.2) is 4.39 Å². The van der Waals surface area contributed by atoms with Crippen LogP contribution >= 0.6 is 0 Å². The molecule has 0 bridgehead atoms. The molecule has 4 rings (SSSR count). The summed E-state index contributed by atoms with van der Waals surface area (Å²) in [6, 6.07) is 16.9. The van der Waals surface area contributed by atoms with E-state index in [0.717, 1.165) is 35.8 Å². The summed E-state index contributed by atoms with van der Waals surface area (Å²) in [7, 11) is 1.63. The van der Waals surface area contributed by atoms with Crippen molar-refractivity contribution in [3.63, 3.8) is 0 Å². The number of halogens is 1. The van der Waals surface area contributed by atoms with E-state index in [1.54, 1.807) is 12.0 Å². The van der Waals surface area contributed by atoms with E-state index in [9.17, 15) is 14.0 Å². The van der Waals surface area contributed by atoms with Crippen molar-refractivity contribution in [2.75, 3.05) is 51.3 Å². The average Bonchev–Trinajstić information content (AvgIpc) is 3.18. The van der Waals surface area contributed by atoms with E-state index in [2.05, 4.69) is 15.1 Å². The van der Waals surface area contributed by atoms with E-state index in [-0.39, 0.29) is 18.4 Å². The number of amides is 2. The standard InChI is InChI=1S/C27H30FN5O3/c1-3-31(27(35)21-5-9-22(28)10-6-21)19-26(34)33-16-4-15-32(17-18-33)25-14-13-24(29-30-25)20-7-11-23(36-2)12-8-20/h5-14H,3-4,15-19H2,1-2H3. The van der Waals surface area contributed by atoms with Gasteiger partial charge in [0.15, 0.2) is 5.82 Å². The van der Waals surface area contributed by atoms with Crippen molar-refractivity contribution in [1.82, 2.24) is 20.0 Å². The Bertz CT molecular complexity index is 1170. The van der Waals surface area contributed by atoms with Gasteiger partial charge < -0.3 is 19.4 Å². The second-order valence-electron chi connectivity index (χ2n) is 8.55. The molecular formula is C27H30FN5O3. The molecule has 1 saturated heterocycles. The summed E-state index contributed by atoms with van der Waals surface area (Å²) in [4.78, 5) is 31.2. The molecule has 0 radical (unpaired) electrons. The highest BCUT2D eigenvalue weighted by Gasteiger charge is 2.24. The molecule has 0 unspecified atom stereocenters. The Labute approximate surface area is 210 Å². The monoisotopic (exact) mass is 491 g/mol. The van der Waals surface area contributed by atoms with Gasteiger partial charge in [0, 0.05) is 43.9 Å². The van der Waals surface area contributed by atoms with E-state index < -0.39 is 5.82 Å². The maximum atomic E-state index is 13.2. The number of hydrogen-bond acceptors (Lipinski definition) is 6. The van der Waals surface area contributed by atoms with Gasteiger partial charge in [0.25, 0.3) is 5.91 Å². The van der Waals surface area contributed by atoms with Gasteiger partial charge >= 0.3 is 0 Å². The molecule has 0 aliphatic carbocycles. The molecule has 2 amide bonds. The third kappa shape index (κ3) is 5.97. The van der Waals surface area contributed by atoms with Crippen LogP contribution in [0.15, 0.2) is 60.7 Å². The molecule has 188 valence electrons. The van der Waals surface area contributed by atoms with Crippen LogP contribution in [0.25, 0.3) is 11.3 Å². The molecule has 0 N–H and O–H groups in total. The Morgan fingerprint density at radius 3 is 2.33 bits per heavy atom. The number of aromatic nitrogens is 2. The molecule has 9 heteroatoms. The lowest BCUT2D eigenvalue weighted by Gasteiger charge is -2.26. The first-order valence-electron chi connectivity index (χ1n) is 12.0. The van der Waals surface area contributed by atoms with Crippen LogP contribution in [0.1, 0.15) is 23.7 Å². The van der Waals surface area contributed by atoms with E-state index in [0.29, 0.717) is 31.7 Å². The largest absolute Gasteiger partial charge is 0.497 e. The van der Waals surface area contributed by atoms with Gasteiger partial charge in [-0.2, -0.15) is 0 Å². The highest BCUT2D eigenvalue weighted by molar-refractivity contribution is 5.96. The summed E-state index contributed by atoms with van der Waals surface area (Å²) < 4.78 is 18.4. The lowest BCUT2D eigenvalue weighted by molar-refractivity contribution is -0.131. The zero-order chi connectivity index (χ0) is 25.5. The quantitative estimate of drug-likeness (QED) is 0.504. The first-order chi connectivity index (χ1) is 17.5. The van der Waals surface area contributed by atoms with Crippen molar-refractivity contribution in [2.24, 2.45) is 0 Å². The topological polar surface area (TPSA) is 78.9 Å². The molecule has 2 heterocycles. The molecule has 1 aliphatic heterocycles. The molecule has 1 aliphatic rings. The summed E-state index contributed by atoms with van der Waals surface area (Å²) in [6.07, 6.45) is 0.783. The van der Waals surface area contributed by atoms with Gasteiger partial charge in [-0.3, -0.25) is 9.59 Å². The predicted molar refractivity (Wildman–Crippen MR) is 135 cm³/mol. The van der Waals surface area contributed by atoms with E-state index in [4.69, 9.17) is 4.74 Å². The smallest absolute Gasteiger partial charge is 0.254 e. The fourth-order valence-electron chi connectivity index (χ4n) is 4.17. The van der Waals surface area contributed by atoms with Crippen LogP contribution in [0.3, 0.4) is 0 Å². The van der Waals surface area contributed by atoms with Crippen molar-refractivity contribution in [3.05, 3.63) is 72.0 Å². The predicted octanol–water partition coefficient (Wildman–Crippen LogP) is 3.49. The highest BCUT2D eigenvalue weighted by Crippen LogP contribution is 2.22. The molecule has 0 atom stereocenters.